The van der Waals surface area contributed by atoms with Crippen molar-refractivity contribution in [3.8, 4) is 0 Å². The fraction of sp³-hybridized carbons (Fsp3) is 0.643. The molecule has 0 atom stereocenters. The molecular weight excluding hydrogens is 283 g/mol. The maximum atomic E-state index is 12.8. The molecule has 1 aliphatic carbocycles. The monoisotopic (exact) mass is 303 g/mol. The van der Waals surface area contributed by atoms with E-state index in [1.165, 1.54) is 19.9 Å². The van der Waals surface area contributed by atoms with Gasteiger partial charge in [-0.3, -0.25) is 0 Å². The van der Waals surface area contributed by atoms with Gasteiger partial charge in [0.1, 0.15) is 11.6 Å². The SMILES string of the molecule is CNc1cc(C(F)(F)F)cc(NCCOC2CCCC2)n1. The van der Waals surface area contributed by atoms with Crippen LogP contribution in [0.2, 0.25) is 0 Å². The molecule has 1 saturated carbocycles. The minimum absolute atomic E-state index is 0.184. The second-order valence-electron chi connectivity index (χ2n) is 5.08. The summed E-state index contributed by atoms with van der Waals surface area (Å²) >= 11 is 0. The second kappa shape index (κ2) is 6.98. The van der Waals surface area contributed by atoms with Crippen molar-refractivity contribution < 1.29 is 17.9 Å². The van der Waals surface area contributed by atoms with Crippen molar-refractivity contribution in [3.05, 3.63) is 17.7 Å². The maximum absolute atomic E-state index is 12.8. The lowest BCUT2D eigenvalue weighted by Crippen LogP contribution is -2.16. The average molecular weight is 303 g/mol. The van der Waals surface area contributed by atoms with Crippen molar-refractivity contribution >= 4 is 11.6 Å². The van der Waals surface area contributed by atoms with E-state index < -0.39 is 11.7 Å². The Hall–Kier alpha value is -1.50. The summed E-state index contributed by atoms with van der Waals surface area (Å²) in [6.07, 6.45) is 0.453. The first-order chi connectivity index (χ1) is 9.99. The summed E-state index contributed by atoms with van der Waals surface area (Å²) in [6, 6.07) is 2.00. The molecule has 2 rings (SSSR count). The van der Waals surface area contributed by atoms with Crippen LogP contribution in [0.5, 0.6) is 0 Å². The molecule has 4 nitrogen and oxygen atoms in total. The van der Waals surface area contributed by atoms with Crippen LogP contribution in [0, 0.1) is 0 Å². The highest BCUT2D eigenvalue weighted by molar-refractivity contribution is 5.49. The fourth-order valence-electron chi connectivity index (χ4n) is 2.37. The lowest BCUT2D eigenvalue weighted by Gasteiger charge is -2.14. The zero-order chi connectivity index (χ0) is 15.3. The summed E-state index contributed by atoms with van der Waals surface area (Å²) in [7, 11) is 1.54. The number of rotatable bonds is 6. The van der Waals surface area contributed by atoms with Gasteiger partial charge in [-0.25, -0.2) is 4.98 Å². The first-order valence-electron chi connectivity index (χ1n) is 7.11. The van der Waals surface area contributed by atoms with E-state index in [4.69, 9.17) is 4.74 Å². The van der Waals surface area contributed by atoms with Crippen LogP contribution in [0.4, 0.5) is 24.8 Å². The van der Waals surface area contributed by atoms with Crippen LogP contribution in [-0.4, -0.2) is 31.3 Å². The zero-order valence-electron chi connectivity index (χ0n) is 12.0. The highest BCUT2D eigenvalue weighted by Crippen LogP contribution is 2.31. The van der Waals surface area contributed by atoms with Crippen LogP contribution >= 0.6 is 0 Å². The predicted octanol–water partition coefficient (Wildman–Crippen LogP) is 3.51. The van der Waals surface area contributed by atoms with Crippen LogP contribution in [-0.2, 0) is 10.9 Å². The number of halogens is 3. The third-order valence-electron chi connectivity index (χ3n) is 3.47. The average Bonchev–Trinajstić information content (AvgIpc) is 2.95. The Morgan fingerprint density at radius 1 is 1.24 bits per heavy atom. The molecule has 2 N–H and O–H groups in total. The maximum Gasteiger partial charge on any atom is 0.416 e. The minimum atomic E-state index is -4.38. The van der Waals surface area contributed by atoms with Crippen molar-refractivity contribution in [1.82, 2.24) is 4.98 Å². The number of pyridine rings is 1. The number of nitrogens with zero attached hydrogens (tertiary/aromatic N) is 1. The third kappa shape index (κ3) is 4.77. The smallest absolute Gasteiger partial charge is 0.376 e. The molecule has 21 heavy (non-hydrogen) atoms. The molecule has 7 heteroatoms. The van der Waals surface area contributed by atoms with Gasteiger partial charge in [-0.15, -0.1) is 0 Å². The molecule has 0 aromatic carbocycles. The summed E-state index contributed by atoms with van der Waals surface area (Å²) in [5, 5.41) is 5.51. The molecule has 118 valence electrons. The van der Waals surface area contributed by atoms with Gasteiger partial charge in [0.2, 0.25) is 0 Å². The largest absolute Gasteiger partial charge is 0.416 e. The van der Waals surface area contributed by atoms with Gasteiger partial charge in [0.25, 0.3) is 0 Å². The summed E-state index contributed by atoms with van der Waals surface area (Å²) in [4.78, 5) is 4.06. The molecule has 1 fully saturated rings. The first-order valence-corrected chi connectivity index (χ1v) is 7.11. The summed E-state index contributed by atoms with van der Waals surface area (Å²) in [6.45, 7) is 0.908. The van der Waals surface area contributed by atoms with Crippen molar-refractivity contribution in [2.24, 2.45) is 0 Å². The van der Waals surface area contributed by atoms with E-state index in [1.54, 1.807) is 0 Å². The predicted molar refractivity (Wildman–Crippen MR) is 75.5 cm³/mol. The van der Waals surface area contributed by atoms with Crippen LogP contribution < -0.4 is 10.6 Å². The molecule has 0 bridgehead atoms. The Kier molecular flexibility index (Phi) is 5.27. The van der Waals surface area contributed by atoms with Gasteiger partial charge < -0.3 is 15.4 Å². The van der Waals surface area contributed by atoms with Crippen molar-refractivity contribution in [2.75, 3.05) is 30.8 Å². The van der Waals surface area contributed by atoms with Crippen LogP contribution in [0.3, 0.4) is 0 Å². The lowest BCUT2D eigenvalue weighted by atomic mass is 10.2. The third-order valence-corrected chi connectivity index (χ3v) is 3.47. The minimum Gasteiger partial charge on any atom is -0.376 e. The number of hydrogen-bond donors (Lipinski definition) is 2. The van der Waals surface area contributed by atoms with E-state index in [0.29, 0.717) is 19.3 Å². The molecular formula is C14H20F3N3O. The Labute approximate surface area is 122 Å². The zero-order valence-corrected chi connectivity index (χ0v) is 12.0. The van der Waals surface area contributed by atoms with Crippen LogP contribution in [0.15, 0.2) is 12.1 Å². The molecule has 0 saturated heterocycles. The highest BCUT2D eigenvalue weighted by atomic mass is 19.4. The van der Waals surface area contributed by atoms with Crippen LogP contribution in [0.25, 0.3) is 0 Å². The molecule has 0 amide bonds. The Bertz CT molecular complexity index is 459. The molecule has 1 aromatic heterocycles. The molecule has 0 spiro atoms. The van der Waals surface area contributed by atoms with E-state index >= 15 is 0 Å². The Balaban J connectivity index is 1.89. The number of hydrogen-bond acceptors (Lipinski definition) is 4. The van der Waals surface area contributed by atoms with E-state index in [9.17, 15) is 13.2 Å². The van der Waals surface area contributed by atoms with Crippen molar-refractivity contribution in [2.45, 2.75) is 38.0 Å². The molecule has 1 heterocycles. The van der Waals surface area contributed by atoms with E-state index in [-0.39, 0.29) is 11.6 Å². The highest BCUT2D eigenvalue weighted by Gasteiger charge is 2.31. The number of alkyl halides is 3. The molecule has 0 aliphatic heterocycles. The van der Waals surface area contributed by atoms with E-state index in [0.717, 1.165) is 25.0 Å². The Morgan fingerprint density at radius 2 is 1.90 bits per heavy atom. The fourth-order valence-corrected chi connectivity index (χ4v) is 2.37. The van der Waals surface area contributed by atoms with Gasteiger partial charge in [0.15, 0.2) is 0 Å². The first kappa shape index (κ1) is 15.9. The quantitative estimate of drug-likeness (QED) is 0.789. The normalized spacial score (nSPS) is 16.2. The number of aromatic nitrogens is 1. The standard InChI is InChI=1S/C14H20F3N3O/c1-18-12-8-10(14(15,16)17)9-13(20-12)19-6-7-21-11-4-2-3-5-11/h8-9,11H,2-7H2,1H3,(H2,18,19,20). The van der Waals surface area contributed by atoms with Gasteiger partial charge in [-0.2, -0.15) is 13.2 Å². The molecule has 0 unspecified atom stereocenters. The van der Waals surface area contributed by atoms with Gasteiger partial charge >= 0.3 is 6.18 Å². The van der Waals surface area contributed by atoms with E-state index in [2.05, 4.69) is 15.6 Å². The lowest BCUT2D eigenvalue weighted by molar-refractivity contribution is -0.137. The van der Waals surface area contributed by atoms with E-state index in [1.807, 2.05) is 0 Å². The van der Waals surface area contributed by atoms with Gasteiger partial charge in [0.05, 0.1) is 18.3 Å². The van der Waals surface area contributed by atoms with Gasteiger partial charge in [-0.1, -0.05) is 12.8 Å². The summed E-state index contributed by atoms with van der Waals surface area (Å²) < 4.78 is 44.0. The van der Waals surface area contributed by atoms with Crippen molar-refractivity contribution in [3.63, 3.8) is 0 Å². The topological polar surface area (TPSA) is 46.2 Å². The number of ether oxygens (including phenoxy) is 1. The second-order valence-corrected chi connectivity index (χ2v) is 5.08. The van der Waals surface area contributed by atoms with Crippen molar-refractivity contribution in [1.29, 1.82) is 0 Å². The summed E-state index contributed by atoms with van der Waals surface area (Å²) in [5.74, 6) is 0.383. The number of nitrogens with one attached hydrogen (secondary N) is 2. The molecule has 1 aliphatic rings. The number of anilines is 2. The molecule has 1 aromatic rings. The van der Waals surface area contributed by atoms with Gasteiger partial charge in [0, 0.05) is 13.6 Å². The Morgan fingerprint density at radius 3 is 2.52 bits per heavy atom. The van der Waals surface area contributed by atoms with Gasteiger partial charge in [-0.05, 0) is 25.0 Å². The summed E-state index contributed by atoms with van der Waals surface area (Å²) in [5.41, 5.74) is -0.721. The van der Waals surface area contributed by atoms with Crippen LogP contribution in [0.1, 0.15) is 31.2 Å². The molecule has 0 radical (unpaired) electrons.